The molecule has 0 heterocycles. The van der Waals surface area contributed by atoms with Crippen LogP contribution in [0.15, 0.2) is 36.4 Å². The highest BCUT2D eigenvalue weighted by Gasteiger charge is 2.35. The minimum Gasteiger partial charge on any atom is -0.507 e. The van der Waals surface area contributed by atoms with Gasteiger partial charge in [0.1, 0.15) is 17.2 Å². The Morgan fingerprint density at radius 2 is 0.700 bits per heavy atom. The van der Waals surface area contributed by atoms with E-state index in [2.05, 4.69) is 0 Å². The number of rotatable bonds is 14. The molecule has 0 bridgehead atoms. The van der Waals surface area contributed by atoms with Crippen molar-refractivity contribution in [1.29, 1.82) is 0 Å². The zero-order valence-electron chi connectivity index (χ0n) is 24.0. The van der Waals surface area contributed by atoms with Crippen molar-refractivity contribution >= 4 is 0 Å². The molecule has 0 amide bonds. The molecular formula is C31H40O9. The van der Waals surface area contributed by atoms with Gasteiger partial charge in [-0.3, -0.25) is 0 Å². The Bertz CT molecular complexity index is 1180. The van der Waals surface area contributed by atoms with Gasteiger partial charge in [0.05, 0.1) is 39.6 Å². The van der Waals surface area contributed by atoms with Gasteiger partial charge in [0.2, 0.25) is 0 Å². The lowest BCUT2D eigenvalue weighted by molar-refractivity contribution is 0.174. The lowest BCUT2D eigenvalue weighted by Crippen LogP contribution is -2.27. The number of hydrogen-bond acceptors (Lipinski definition) is 9. The summed E-state index contributed by atoms with van der Waals surface area (Å²) >= 11 is 0. The first-order valence-electron chi connectivity index (χ1n) is 12.8. The molecule has 0 atom stereocenters. The van der Waals surface area contributed by atoms with E-state index in [4.69, 9.17) is 23.7 Å². The quantitative estimate of drug-likeness (QED) is 0.214. The van der Waals surface area contributed by atoms with Crippen LogP contribution in [0.2, 0.25) is 0 Å². The third-order valence-corrected chi connectivity index (χ3v) is 7.20. The Morgan fingerprint density at radius 3 is 0.925 bits per heavy atom. The Morgan fingerprint density at radius 1 is 0.475 bits per heavy atom. The molecule has 3 aromatic rings. The number of aromatic hydroxyl groups is 3. The summed E-state index contributed by atoms with van der Waals surface area (Å²) in [7, 11) is 7.76. The lowest BCUT2D eigenvalue weighted by Gasteiger charge is -2.35. The molecule has 0 radical (unpaired) electrons. The molecule has 0 saturated heterocycles. The van der Waals surface area contributed by atoms with Gasteiger partial charge in [-0.1, -0.05) is 0 Å². The van der Waals surface area contributed by atoms with Crippen LogP contribution in [-0.2, 0) is 68.7 Å². The third kappa shape index (κ3) is 6.25. The lowest BCUT2D eigenvalue weighted by atomic mass is 9.69. The molecule has 0 aliphatic rings. The SMILES string of the molecule is COCc1cc(C(C)(c2cc(COC)c(O)c(COC)c2)c2cc(COC)c(O)c(COC)c2)cc(CO)c1O. The van der Waals surface area contributed by atoms with Crippen LogP contribution in [0.4, 0.5) is 0 Å². The van der Waals surface area contributed by atoms with Crippen molar-refractivity contribution in [2.24, 2.45) is 0 Å². The van der Waals surface area contributed by atoms with E-state index in [0.717, 1.165) is 16.7 Å². The average Bonchev–Trinajstić information content (AvgIpc) is 2.94. The van der Waals surface area contributed by atoms with E-state index in [0.29, 0.717) is 33.4 Å². The summed E-state index contributed by atoms with van der Waals surface area (Å²) in [6, 6.07) is 11.1. The van der Waals surface area contributed by atoms with E-state index in [9.17, 15) is 20.4 Å². The smallest absolute Gasteiger partial charge is 0.126 e. The van der Waals surface area contributed by atoms with Crippen LogP contribution in [-0.4, -0.2) is 56.0 Å². The number of phenols is 3. The first-order valence-corrected chi connectivity index (χ1v) is 12.8. The monoisotopic (exact) mass is 556 g/mol. The highest BCUT2D eigenvalue weighted by Crippen LogP contribution is 2.45. The second-order valence-corrected chi connectivity index (χ2v) is 9.88. The van der Waals surface area contributed by atoms with Crippen LogP contribution < -0.4 is 0 Å². The van der Waals surface area contributed by atoms with Gasteiger partial charge in [0.15, 0.2) is 0 Å². The van der Waals surface area contributed by atoms with Crippen LogP contribution >= 0.6 is 0 Å². The second kappa shape index (κ2) is 13.9. The van der Waals surface area contributed by atoms with Gasteiger partial charge < -0.3 is 44.1 Å². The normalized spacial score (nSPS) is 11.8. The number of phenolic OH excluding ortho intramolecular Hbond substituents is 2. The zero-order valence-corrected chi connectivity index (χ0v) is 24.0. The highest BCUT2D eigenvalue weighted by molar-refractivity contribution is 5.59. The maximum atomic E-state index is 11.0. The summed E-state index contributed by atoms with van der Waals surface area (Å²) in [5.74, 6) is 0.136. The molecule has 218 valence electrons. The predicted octanol–water partition coefficient (Wildman–Crippen LogP) is 4.38. The topological polar surface area (TPSA) is 127 Å². The van der Waals surface area contributed by atoms with E-state index < -0.39 is 5.41 Å². The number of aliphatic hydroxyl groups is 1. The molecule has 0 spiro atoms. The second-order valence-electron chi connectivity index (χ2n) is 9.88. The Labute approximate surface area is 235 Å². The first kappa shape index (κ1) is 31.3. The third-order valence-electron chi connectivity index (χ3n) is 7.20. The highest BCUT2D eigenvalue weighted by atomic mass is 16.5. The van der Waals surface area contributed by atoms with Crippen molar-refractivity contribution in [3.8, 4) is 17.2 Å². The van der Waals surface area contributed by atoms with Gasteiger partial charge in [-0.2, -0.15) is 0 Å². The molecule has 3 aromatic carbocycles. The fourth-order valence-corrected chi connectivity index (χ4v) is 5.09. The molecule has 0 aromatic heterocycles. The molecule has 0 saturated carbocycles. The van der Waals surface area contributed by atoms with E-state index in [1.807, 2.05) is 37.3 Å². The Balaban J connectivity index is 2.49. The van der Waals surface area contributed by atoms with Crippen LogP contribution in [0.3, 0.4) is 0 Å². The first-order chi connectivity index (χ1) is 19.2. The molecule has 40 heavy (non-hydrogen) atoms. The molecule has 4 N–H and O–H groups in total. The van der Waals surface area contributed by atoms with Crippen molar-refractivity contribution in [2.75, 3.05) is 35.5 Å². The number of benzene rings is 3. The summed E-state index contributed by atoms with van der Waals surface area (Å²) in [4.78, 5) is 0. The summed E-state index contributed by atoms with van der Waals surface area (Å²) < 4.78 is 26.9. The molecule has 3 rings (SSSR count). The van der Waals surface area contributed by atoms with Gasteiger partial charge in [-0.05, 0) is 60.0 Å². The molecular weight excluding hydrogens is 516 g/mol. The van der Waals surface area contributed by atoms with Gasteiger partial charge in [-0.15, -0.1) is 0 Å². The Kier molecular flexibility index (Phi) is 10.9. The van der Waals surface area contributed by atoms with Gasteiger partial charge in [-0.25, -0.2) is 0 Å². The van der Waals surface area contributed by atoms with Crippen molar-refractivity contribution in [1.82, 2.24) is 0 Å². The fraction of sp³-hybridized carbons (Fsp3) is 0.419. The van der Waals surface area contributed by atoms with Crippen LogP contribution in [0.25, 0.3) is 0 Å². The molecule has 0 aliphatic carbocycles. The minimum atomic E-state index is -0.933. The minimum absolute atomic E-state index is 0.0350. The van der Waals surface area contributed by atoms with E-state index >= 15 is 0 Å². The summed E-state index contributed by atoms with van der Waals surface area (Å²) in [6.07, 6.45) is 0. The van der Waals surface area contributed by atoms with E-state index in [1.54, 1.807) is 34.5 Å². The molecule has 0 aliphatic heterocycles. The van der Waals surface area contributed by atoms with Crippen molar-refractivity contribution in [3.63, 3.8) is 0 Å². The molecule has 9 nitrogen and oxygen atoms in total. The maximum absolute atomic E-state index is 11.0. The summed E-state index contributed by atoms with van der Waals surface area (Å²) in [6.45, 7) is 2.41. The van der Waals surface area contributed by atoms with Crippen molar-refractivity contribution in [3.05, 3.63) is 86.5 Å². The fourth-order valence-electron chi connectivity index (χ4n) is 5.09. The molecule has 0 fully saturated rings. The largest absolute Gasteiger partial charge is 0.507 e. The zero-order chi connectivity index (χ0) is 29.4. The van der Waals surface area contributed by atoms with E-state index in [1.165, 1.54) is 7.11 Å². The number of ether oxygens (including phenoxy) is 5. The standard InChI is InChI=1S/C31H40O9/c1-31(25-7-19(13-32)28(33)20(8-25)14-36-2,26-9-21(15-37-3)29(34)22(10-26)16-38-4)27-11-23(17-39-5)30(35)24(12-27)18-40-6/h7-12,32-35H,13-18H2,1-6H3. The number of methoxy groups -OCH3 is 5. The predicted molar refractivity (Wildman–Crippen MR) is 149 cm³/mol. The Hall–Kier alpha value is -3.18. The average molecular weight is 557 g/mol. The maximum Gasteiger partial charge on any atom is 0.126 e. The van der Waals surface area contributed by atoms with Gasteiger partial charge in [0.25, 0.3) is 0 Å². The van der Waals surface area contributed by atoms with Crippen LogP contribution in [0.1, 0.15) is 57.0 Å². The molecule has 0 unspecified atom stereocenters. The number of hydrogen-bond donors (Lipinski definition) is 4. The summed E-state index contributed by atoms with van der Waals surface area (Å²) in [5.41, 5.74) is 4.55. The van der Waals surface area contributed by atoms with Crippen molar-refractivity contribution < 1.29 is 44.1 Å². The van der Waals surface area contributed by atoms with Crippen LogP contribution in [0, 0.1) is 0 Å². The molecule has 9 heteroatoms. The number of aliphatic hydroxyl groups excluding tert-OH is 1. The van der Waals surface area contributed by atoms with Gasteiger partial charge in [0, 0.05) is 74.3 Å². The van der Waals surface area contributed by atoms with Crippen molar-refractivity contribution in [2.45, 2.75) is 52.0 Å². The summed E-state index contributed by atoms with van der Waals surface area (Å²) in [5, 5.41) is 42.9. The van der Waals surface area contributed by atoms with Gasteiger partial charge >= 0.3 is 0 Å². The van der Waals surface area contributed by atoms with E-state index in [-0.39, 0.29) is 56.9 Å². The van der Waals surface area contributed by atoms with Crippen LogP contribution in [0.5, 0.6) is 17.2 Å².